The van der Waals surface area contributed by atoms with Crippen LogP contribution >= 0.6 is 0 Å². The third-order valence-electron chi connectivity index (χ3n) is 3.84. The van der Waals surface area contributed by atoms with E-state index in [4.69, 9.17) is 0 Å². The quantitative estimate of drug-likeness (QED) is 0.771. The lowest BCUT2D eigenvalue weighted by Crippen LogP contribution is -2.44. The highest BCUT2D eigenvalue weighted by Gasteiger charge is 2.29. The lowest BCUT2D eigenvalue weighted by Gasteiger charge is -2.20. The second-order valence-electron chi connectivity index (χ2n) is 5.76. The maximum Gasteiger partial charge on any atom is 0.247 e. The Morgan fingerprint density at radius 1 is 1.29 bits per heavy atom. The van der Waals surface area contributed by atoms with Gasteiger partial charge in [0.25, 0.3) is 0 Å². The van der Waals surface area contributed by atoms with Crippen molar-refractivity contribution in [3.63, 3.8) is 0 Å². The maximum atomic E-state index is 12.2. The standard InChI is InChI=1S/C17H22N2O4S/c1-2-19(17(21)9-8-14-6-4-3-5-7-14)12-16(20)18-15-10-11-24(22,23)13-15/h3-9,15H,2,10-13H2,1H3,(H,18,20)/b9-8+. The number of nitrogens with zero attached hydrogens (tertiary/aromatic N) is 1. The molecule has 1 aromatic rings. The Morgan fingerprint density at radius 3 is 2.58 bits per heavy atom. The van der Waals surface area contributed by atoms with Crippen molar-refractivity contribution in [1.82, 2.24) is 10.2 Å². The van der Waals surface area contributed by atoms with Crippen LogP contribution in [0.25, 0.3) is 6.08 Å². The molecule has 24 heavy (non-hydrogen) atoms. The molecule has 1 aliphatic heterocycles. The number of carbonyl (C=O) groups is 2. The van der Waals surface area contributed by atoms with Crippen molar-refractivity contribution in [2.45, 2.75) is 19.4 Å². The Morgan fingerprint density at radius 2 is 2.00 bits per heavy atom. The molecule has 6 nitrogen and oxygen atoms in total. The van der Waals surface area contributed by atoms with Crippen LogP contribution in [-0.4, -0.2) is 55.8 Å². The van der Waals surface area contributed by atoms with E-state index < -0.39 is 9.84 Å². The Kier molecular flexibility index (Phi) is 6.14. The third-order valence-corrected chi connectivity index (χ3v) is 5.61. The average Bonchev–Trinajstić information content (AvgIpc) is 2.89. The molecule has 0 aromatic heterocycles. The molecular weight excluding hydrogens is 328 g/mol. The van der Waals surface area contributed by atoms with Gasteiger partial charge in [0.1, 0.15) is 0 Å². The van der Waals surface area contributed by atoms with Gasteiger partial charge in [0.15, 0.2) is 9.84 Å². The van der Waals surface area contributed by atoms with Gasteiger partial charge in [-0.3, -0.25) is 9.59 Å². The highest BCUT2D eigenvalue weighted by molar-refractivity contribution is 7.91. The molecule has 7 heteroatoms. The van der Waals surface area contributed by atoms with Gasteiger partial charge in [-0.05, 0) is 25.0 Å². The van der Waals surface area contributed by atoms with E-state index >= 15 is 0 Å². The monoisotopic (exact) mass is 350 g/mol. The normalized spacial score (nSPS) is 19.3. The van der Waals surface area contributed by atoms with Crippen molar-refractivity contribution in [2.24, 2.45) is 0 Å². The van der Waals surface area contributed by atoms with Crippen LogP contribution in [0.1, 0.15) is 18.9 Å². The number of sulfone groups is 1. The Labute approximate surface area is 142 Å². The summed E-state index contributed by atoms with van der Waals surface area (Å²) >= 11 is 0. The van der Waals surface area contributed by atoms with E-state index in [9.17, 15) is 18.0 Å². The molecule has 1 atom stereocenters. The molecule has 0 aliphatic carbocycles. The van der Waals surface area contributed by atoms with Crippen molar-refractivity contribution in [3.8, 4) is 0 Å². The van der Waals surface area contributed by atoms with Crippen molar-refractivity contribution >= 4 is 27.7 Å². The van der Waals surface area contributed by atoms with Gasteiger partial charge < -0.3 is 10.2 Å². The molecule has 2 rings (SSSR count). The third kappa shape index (κ3) is 5.49. The first kappa shape index (κ1) is 18.2. The van der Waals surface area contributed by atoms with E-state index in [2.05, 4.69) is 5.32 Å². The van der Waals surface area contributed by atoms with Gasteiger partial charge >= 0.3 is 0 Å². The predicted octanol–water partition coefficient (Wildman–Crippen LogP) is 0.852. The molecule has 1 fully saturated rings. The van der Waals surface area contributed by atoms with Crippen molar-refractivity contribution in [2.75, 3.05) is 24.6 Å². The van der Waals surface area contributed by atoms with Crippen LogP contribution in [0.2, 0.25) is 0 Å². The minimum absolute atomic E-state index is 0.0211. The molecule has 130 valence electrons. The molecular formula is C17H22N2O4S. The number of hydrogen-bond acceptors (Lipinski definition) is 4. The van der Waals surface area contributed by atoms with Crippen LogP contribution in [0.5, 0.6) is 0 Å². The van der Waals surface area contributed by atoms with Crippen molar-refractivity contribution < 1.29 is 18.0 Å². The molecule has 1 saturated heterocycles. The number of likely N-dealkylation sites (N-methyl/N-ethyl adjacent to an activating group) is 1. The largest absolute Gasteiger partial charge is 0.351 e. The summed E-state index contributed by atoms with van der Waals surface area (Å²) in [7, 11) is -3.04. The molecule has 0 saturated carbocycles. The van der Waals surface area contributed by atoms with Crippen LogP contribution in [0, 0.1) is 0 Å². The zero-order valence-corrected chi connectivity index (χ0v) is 14.5. The molecule has 0 bridgehead atoms. The predicted molar refractivity (Wildman–Crippen MR) is 92.9 cm³/mol. The first-order valence-electron chi connectivity index (χ1n) is 7.91. The summed E-state index contributed by atoms with van der Waals surface area (Å²) in [6, 6.07) is 9.07. The average molecular weight is 350 g/mol. The molecule has 1 N–H and O–H groups in total. The summed E-state index contributed by atoms with van der Waals surface area (Å²) in [6.07, 6.45) is 3.57. The summed E-state index contributed by atoms with van der Waals surface area (Å²) in [6.45, 7) is 2.11. The molecule has 1 aliphatic rings. The van der Waals surface area contributed by atoms with Crippen LogP contribution in [-0.2, 0) is 19.4 Å². The molecule has 0 radical (unpaired) electrons. The molecule has 1 unspecified atom stereocenters. The van der Waals surface area contributed by atoms with Gasteiger partial charge in [0, 0.05) is 18.7 Å². The van der Waals surface area contributed by atoms with E-state index in [-0.39, 0.29) is 35.9 Å². The van der Waals surface area contributed by atoms with Crippen LogP contribution in [0.15, 0.2) is 36.4 Å². The number of hydrogen-bond donors (Lipinski definition) is 1. The highest BCUT2D eigenvalue weighted by Crippen LogP contribution is 2.11. The number of benzene rings is 1. The van der Waals surface area contributed by atoms with E-state index in [0.717, 1.165) is 5.56 Å². The summed E-state index contributed by atoms with van der Waals surface area (Å²) < 4.78 is 22.8. The molecule has 2 amide bonds. The SMILES string of the molecule is CCN(CC(=O)NC1CCS(=O)(=O)C1)C(=O)/C=C/c1ccccc1. The number of rotatable bonds is 6. The fourth-order valence-electron chi connectivity index (χ4n) is 2.54. The summed E-state index contributed by atoms with van der Waals surface area (Å²) in [5.41, 5.74) is 0.905. The van der Waals surface area contributed by atoms with Gasteiger partial charge in [-0.1, -0.05) is 30.3 Å². The smallest absolute Gasteiger partial charge is 0.247 e. The maximum absolute atomic E-state index is 12.2. The fourth-order valence-corrected chi connectivity index (χ4v) is 4.21. The first-order valence-corrected chi connectivity index (χ1v) is 9.73. The zero-order valence-electron chi connectivity index (χ0n) is 13.6. The highest BCUT2D eigenvalue weighted by atomic mass is 32.2. The van der Waals surface area contributed by atoms with Gasteiger partial charge in [-0.25, -0.2) is 8.42 Å². The lowest BCUT2D eigenvalue weighted by molar-refractivity contribution is -0.132. The second-order valence-corrected chi connectivity index (χ2v) is 7.99. The van der Waals surface area contributed by atoms with Crippen LogP contribution in [0.4, 0.5) is 0 Å². The lowest BCUT2D eigenvalue weighted by atomic mass is 10.2. The fraction of sp³-hybridized carbons (Fsp3) is 0.412. The molecule has 1 heterocycles. The van der Waals surface area contributed by atoms with Gasteiger partial charge in [-0.2, -0.15) is 0 Å². The minimum atomic E-state index is -3.04. The van der Waals surface area contributed by atoms with Crippen molar-refractivity contribution in [3.05, 3.63) is 42.0 Å². The van der Waals surface area contributed by atoms with Crippen molar-refractivity contribution in [1.29, 1.82) is 0 Å². The Bertz CT molecular complexity index is 713. The number of carbonyl (C=O) groups excluding carboxylic acids is 2. The summed E-state index contributed by atoms with van der Waals surface area (Å²) in [4.78, 5) is 25.6. The molecule has 1 aromatic carbocycles. The van der Waals surface area contributed by atoms with Gasteiger partial charge in [0.2, 0.25) is 11.8 Å². The second kappa shape index (κ2) is 8.10. The summed E-state index contributed by atoms with van der Waals surface area (Å²) in [5, 5.41) is 2.69. The van der Waals surface area contributed by atoms with E-state index in [1.54, 1.807) is 13.0 Å². The van der Waals surface area contributed by atoms with E-state index in [1.165, 1.54) is 11.0 Å². The molecule has 0 spiro atoms. The minimum Gasteiger partial charge on any atom is -0.351 e. The first-order chi connectivity index (χ1) is 11.4. The van der Waals surface area contributed by atoms with Gasteiger partial charge in [-0.15, -0.1) is 0 Å². The van der Waals surface area contributed by atoms with Gasteiger partial charge in [0.05, 0.1) is 18.1 Å². The van der Waals surface area contributed by atoms with Crippen LogP contribution in [0.3, 0.4) is 0 Å². The number of amides is 2. The van der Waals surface area contributed by atoms with Crippen LogP contribution < -0.4 is 5.32 Å². The Hall–Kier alpha value is -2.15. The topological polar surface area (TPSA) is 83.6 Å². The zero-order chi connectivity index (χ0) is 17.6. The van der Waals surface area contributed by atoms with E-state index in [1.807, 2.05) is 30.3 Å². The number of nitrogens with one attached hydrogen (secondary N) is 1. The Balaban J connectivity index is 1.87. The summed E-state index contributed by atoms with van der Waals surface area (Å²) in [5.74, 6) is -0.503. The van der Waals surface area contributed by atoms with E-state index in [0.29, 0.717) is 13.0 Å².